The highest BCUT2D eigenvalue weighted by molar-refractivity contribution is 14.1. The Hall–Kier alpha value is -1.28. The average Bonchev–Trinajstić information content (AvgIpc) is 2.50. The van der Waals surface area contributed by atoms with Gasteiger partial charge in [0.15, 0.2) is 0 Å². The number of hydrogen-bond acceptors (Lipinski definition) is 4. The minimum absolute atomic E-state index is 0.171. The number of likely N-dealkylation sites (N-methyl/N-ethyl adjacent to an activating group) is 1. The van der Waals surface area contributed by atoms with E-state index in [1.54, 1.807) is 0 Å². The normalized spacial score (nSPS) is 11.0. The van der Waals surface area contributed by atoms with E-state index in [0.717, 1.165) is 34.2 Å². The second kappa shape index (κ2) is 7.65. The summed E-state index contributed by atoms with van der Waals surface area (Å²) in [5.41, 5.74) is 1.91. The van der Waals surface area contributed by atoms with Crippen molar-refractivity contribution in [1.82, 2.24) is 20.2 Å². The van der Waals surface area contributed by atoms with Crippen molar-refractivity contribution in [3.63, 3.8) is 0 Å². The molecule has 1 heterocycles. The predicted octanol–water partition coefficient (Wildman–Crippen LogP) is 2.31. The fourth-order valence-electron chi connectivity index (χ4n) is 2.05. The molecule has 0 fully saturated rings. The highest BCUT2D eigenvalue weighted by Crippen LogP contribution is 2.13. The van der Waals surface area contributed by atoms with E-state index in [4.69, 9.17) is 0 Å². The monoisotopic (exact) mass is 396 g/mol. The molecule has 21 heavy (non-hydrogen) atoms. The molecule has 0 atom stereocenters. The van der Waals surface area contributed by atoms with Crippen LogP contribution < -0.4 is 5.32 Å². The van der Waals surface area contributed by atoms with Gasteiger partial charge in [-0.2, -0.15) is 0 Å². The molecule has 0 spiro atoms. The van der Waals surface area contributed by atoms with E-state index < -0.39 is 0 Å². The minimum Gasteiger partial charge on any atom is -0.349 e. The summed E-state index contributed by atoms with van der Waals surface area (Å²) in [6, 6.07) is 5.79. The van der Waals surface area contributed by atoms with Crippen LogP contribution in [0.3, 0.4) is 0 Å². The number of carbonyl (C=O) groups is 1. The number of amides is 1. The number of fused-ring (bicyclic) bond motifs is 1. The molecule has 2 rings (SSSR count). The van der Waals surface area contributed by atoms with Gasteiger partial charge in [-0.3, -0.25) is 9.78 Å². The van der Waals surface area contributed by atoms with Crippen LogP contribution in [0.1, 0.15) is 24.3 Å². The van der Waals surface area contributed by atoms with Gasteiger partial charge in [0, 0.05) is 16.7 Å². The molecule has 1 amide bonds. The van der Waals surface area contributed by atoms with Crippen molar-refractivity contribution in [2.75, 3.05) is 26.2 Å². The number of nitrogens with one attached hydrogen (secondary N) is 1. The fraction of sp³-hybridized carbons (Fsp3) is 0.400. The number of benzene rings is 1. The number of hydrogen-bond donors (Lipinski definition) is 1. The van der Waals surface area contributed by atoms with E-state index in [9.17, 15) is 4.79 Å². The first-order chi connectivity index (χ1) is 10.1. The van der Waals surface area contributed by atoms with Crippen LogP contribution in [0.2, 0.25) is 0 Å². The van der Waals surface area contributed by atoms with Crippen LogP contribution >= 0.6 is 22.6 Å². The summed E-state index contributed by atoms with van der Waals surface area (Å²) in [5.74, 6) is -0.171. The summed E-state index contributed by atoms with van der Waals surface area (Å²) in [5, 5.41) is 2.89. The van der Waals surface area contributed by atoms with Crippen molar-refractivity contribution in [1.29, 1.82) is 0 Å². The molecule has 112 valence electrons. The Kier molecular flexibility index (Phi) is 5.86. The lowest BCUT2D eigenvalue weighted by molar-refractivity contribution is 0.0944. The quantitative estimate of drug-likeness (QED) is 0.762. The van der Waals surface area contributed by atoms with Crippen molar-refractivity contribution in [3.8, 4) is 0 Å². The minimum atomic E-state index is -0.171. The summed E-state index contributed by atoms with van der Waals surface area (Å²) < 4.78 is 1.10. The Bertz CT molecular complexity index is 628. The maximum Gasteiger partial charge on any atom is 0.271 e. The number of nitrogens with zero attached hydrogens (tertiary/aromatic N) is 3. The first kappa shape index (κ1) is 16.1. The van der Waals surface area contributed by atoms with E-state index in [1.807, 2.05) is 18.2 Å². The van der Waals surface area contributed by atoms with Gasteiger partial charge in [-0.25, -0.2) is 4.98 Å². The van der Waals surface area contributed by atoms with Crippen LogP contribution in [0.15, 0.2) is 24.4 Å². The van der Waals surface area contributed by atoms with Gasteiger partial charge in [-0.1, -0.05) is 13.8 Å². The Morgan fingerprint density at radius 3 is 2.76 bits per heavy atom. The van der Waals surface area contributed by atoms with Crippen molar-refractivity contribution in [2.24, 2.45) is 0 Å². The Balaban J connectivity index is 2.01. The summed E-state index contributed by atoms with van der Waals surface area (Å²) in [4.78, 5) is 23.0. The van der Waals surface area contributed by atoms with Crippen molar-refractivity contribution in [2.45, 2.75) is 13.8 Å². The molecule has 0 saturated heterocycles. The molecule has 2 aromatic rings. The summed E-state index contributed by atoms with van der Waals surface area (Å²) in [6.45, 7) is 7.66. The van der Waals surface area contributed by atoms with E-state index in [-0.39, 0.29) is 5.91 Å². The number of carbonyl (C=O) groups excluding carboxylic acids is 1. The highest BCUT2D eigenvalue weighted by atomic mass is 125. The number of aromatic nitrogens is 2. The summed E-state index contributed by atoms with van der Waals surface area (Å²) >= 11 is 2.23. The molecule has 1 aromatic heterocycles. The molecule has 6 heteroatoms. The summed E-state index contributed by atoms with van der Waals surface area (Å²) in [6.07, 6.45) is 1.53. The number of halogens is 1. The molecule has 0 saturated carbocycles. The van der Waals surface area contributed by atoms with Crippen LogP contribution in [0.4, 0.5) is 0 Å². The SMILES string of the molecule is CCN(CC)CCNC(=O)c1cnc2cc([125I])ccc2n1. The highest BCUT2D eigenvalue weighted by Gasteiger charge is 2.09. The molecule has 0 unspecified atom stereocenters. The second-order valence-corrected chi connectivity index (χ2v) is 5.92. The largest absolute Gasteiger partial charge is 0.349 e. The van der Waals surface area contributed by atoms with E-state index in [2.05, 4.69) is 56.6 Å². The first-order valence-corrected chi connectivity index (χ1v) is 8.14. The lowest BCUT2D eigenvalue weighted by Crippen LogP contribution is -2.35. The van der Waals surface area contributed by atoms with Gasteiger partial charge in [-0.15, -0.1) is 0 Å². The smallest absolute Gasteiger partial charge is 0.271 e. The van der Waals surface area contributed by atoms with Gasteiger partial charge >= 0.3 is 0 Å². The zero-order valence-electron chi connectivity index (χ0n) is 12.3. The van der Waals surface area contributed by atoms with Crippen LogP contribution in [-0.2, 0) is 0 Å². The van der Waals surface area contributed by atoms with Crippen molar-refractivity contribution in [3.05, 3.63) is 33.7 Å². The summed E-state index contributed by atoms with van der Waals surface area (Å²) in [7, 11) is 0. The topological polar surface area (TPSA) is 58.1 Å². The predicted molar refractivity (Wildman–Crippen MR) is 92.4 cm³/mol. The molecule has 0 aliphatic rings. The van der Waals surface area contributed by atoms with Gasteiger partial charge in [0.05, 0.1) is 17.2 Å². The van der Waals surface area contributed by atoms with Gasteiger partial charge in [0.2, 0.25) is 0 Å². The Morgan fingerprint density at radius 2 is 2.05 bits per heavy atom. The van der Waals surface area contributed by atoms with Crippen molar-refractivity contribution < 1.29 is 4.79 Å². The molecule has 0 bridgehead atoms. The van der Waals surface area contributed by atoms with Gasteiger partial charge in [-0.05, 0) is 53.9 Å². The third-order valence-corrected chi connectivity index (χ3v) is 4.02. The van der Waals surface area contributed by atoms with Crippen LogP contribution in [0.5, 0.6) is 0 Å². The molecule has 0 aliphatic carbocycles. The molecule has 1 aromatic carbocycles. The molecule has 0 aliphatic heterocycles. The molecular formula is C15H19IN4O. The van der Waals surface area contributed by atoms with Crippen LogP contribution in [0, 0.1) is 3.57 Å². The lowest BCUT2D eigenvalue weighted by Gasteiger charge is -2.17. The van der Waals surface area contributed by atoms with Crippen molar-refractivity contribution >= 4 is 39.5 Å². The molecular weight excluding hydrogens is 377 g/mol. The van der Waals surface area contributed by atoms with E-state index in [0.29, 0.717) is 12.2 Å². The fourth-order valence-corrected chi connectivity index (χ4v) is 2.53. The zero-order chi connectivity index (χ0) is 15.2. The van der Waals surface area contributed by atoms with E-state index >= 15 is 0 Å². The molecule has 1 N–H and O–H groups in total. The maximum atomic E-state index is 12.1. The Labute approximate surface area is 138 Å². The Morgan fingerprint density at radius 1 is 1.29 bits per heavy atom. The van der Waals surface area contributed by atoms with Crippen LogP contribution in [0.25, 0.3) is 11.0 Å². The standard InChI is InChI=1S/C15H19IN4O/c1-3-20(4-2)8-7-17-15(21)14-10-18-13-9-11(16)5-6-12(13)19-14/h5-6,9-10H,3-4,7-8H2,1-2H3,(H,17,21)/i16-2. The zero-order valence-corrected chi connectivity index (χ0v) is 14.4. The second-order valence-electron chi connectivity index (χ2n) is 4.67. The molecule has 0 radical (unpaired) electrons. The van der Waals surface area contributed by atoms with Gasteiger partial charge in [0.25, 0.3) is 5.91 Å². The maximum absolute atomic E-state index is 12.1. The average molecular weight is 396 g/mol. The van der Waals surface area contributed by atoms with Gasteiger partial charge < -0.3 is 10.2 Å². The van der Waals surface area contributed by atoms with Crippen LogP contribution in [-0.4, -0.2) is 47.0 Å². The number of rotatable bonds is 6. The van der Waals surface area contributed by atoms with E-state index in [1.165, 1.54) is 6.20 Å². The molecule has 5 nitrogen and oxygen atoms in total. The third kappa shape index (κ3) is 4.34. The van der Waals surface area contributed by atoms with Gasteiger partial charge in [0.1, 0.15) is 5.69 Å². The first-order valence-electron chi connectivity index (χ1n) is 7.07. The third-order valence-electron chi connectivity index (χ3n) is 3.34. The lowest BCUT2D eigenvalue weighted by atomic mass is 10.3.